The molecule has 0 spiro atoms. The number of hydrogen-bond acceptors (Lipinski definition) is 9. The highest BCUT2D eigenvalue weighted by molar-refractivity contribution is 9.10. The summed E-state index contributed by atoms with van der Waals surface area (Å²) in [5.41, 5.74) is 8.00. The van der Waals surface area contributed by atoms with Crippen molar-refractivity contribution in [2.45, 2.75) is 280 Å². The molecule has 3 aromatic rings. The van der Waals surface area contributed by atoms with Gasteiger partial charge in [-0.05, 0) is 213 Å². The van der Waals surface area contributed by atoms with Crippen LogP contribution in [0.25, 0.3) is 0 Å². The molecule has 3 fully saturated rings. The maximum Gasteiger partial charge on any atom is 0.255 e. The Morgan fingerprint density at radius 2 is 0.779 bits per heavy atom. The fourth-order valence-electron chi connectivity index (χ4n) is 15.9. The van der Waals surface area contributed by atoms with Gasteiger partial charge in [0, 0.05) is 146 Å². The minimum atomic E-state index is -0.453. The number of carbonyl (C=O) groups excluding carboxylic acids is 6. The molecule has 6 aliphatic rings. The molecule has 0 aromatic heterocycles. The average molecular weight is 1380 g/mol. The van der Waals surface area contributed by atoms with Crippen molar-refractivity contribution in [1.29, 1.82) is 0 Å². The molecule has 3 aromatic carbocycles. The van der Waals surface area contributed by atoms with Crippen LogP contribution in [0.4, 0.5) is 17.1 Å². The maximum atomic E-state index is 13.8. The lowest BCUT2D eigenvalue weighted by Crippen LogP contribution is -2.48. The smallest absolute Gasteiger partial charge is 0.255 e. The summed E-state index contributed by atoms with van der Waals surface area (Å²) in [5, 5.41) is 0. The minimum absolute atomic E-state index is 0.0678. The van der Waals surface area contributed by atoms with Crippen molar-refractivity contribution in [3.8, 4) is 0 Å². The van der Waals surface area contributed by atoms with Crippen molar-refractivity contribution in [2.24, 2.45) is 16.2 Å². The van der Waals surface area contributed by atoms with Crippen LogP contribution >= 0.6 is 15.9 Å². The van der Waals surface area contributed by atoms with E-state index >= 15 is 0 Å². The Labute approximate surface area is 581 Å². The SMILES string of the molecule is COCCCCN1C(=O)C(C)(C)Cc2cc(Br)c(C(=O)N(C(C)C)C3CCCCC3)cc21.COCCCCN1C(=O)C(C)(C)Cc2cc(C)c(C(=O)N(C(C)C)C3CCCCC3)cc21.COCCCCN1C(=O)C(C)(C)Cc2ccc(C(=O)N(C(C)C)C3CCCCC3)cc21. The number of benzene rings is 3. The van der Waals surface area contributed by atoms with Gasteiger partial charge in [-0.1, -0.05) is 111 Å². The standard InChI is InChI=1S/C27H42N2O3.C26H39BrN2O3.C26H40N2O3/c1-19(2)29(22-12-8-7-9-13-22)25(30)23-17-24-21(16-20(23)3)18-27(4,5)26(31)28(24)14-10-11-15-32-6;1-18(2)29(20-11-7-6-8-12-20)24(30)21-16-23-19(15-22(21)27)17-26(3,4)25(31)28(23)13-9-10-14-32-5;1-19(2)28(22-11-7-6-8-12-22)24(29)20-13-14-21-18-26(3,4)25(30)27(23(21)17-20)15-9-10-16-31-5/h16-17,19,22H,7-15,18H2,1-6H3;15-16,18,20H,6-14,17H2,1-5H3;13-14,17,19,22H,6-12,15-16,18H2,1-5H3. The minimum Gasteiger partial charge on any atom is -0.385 e. The number of rotatable bonds is 24. The van der Waals surface area contributed by atoms with Gasteiger partial charge in [-0.15, -0.1) is 0 Å². The molecule has 528 valence electrons. The number of methoxy groups -OCH3 is 3. The van der Waals surface area contributed by atoms with Crippen molar-refractivity contribution in [3.05, 3.63) is 85.9 Å². The van der Waals surface area contributed by atoms with Gasteiger partial charge in [0.05, 0.1) is 5.56 Å². The number of unbranched alkanes of at least 4 members (excludes halogenated alkanes) is 3. The number of hydrogen-bond donors (Lipinski definition) is 0. The van der Waals surface area contributed by atoms with E-state index in [0.717, 1.165) is 121 Å². The van der Waals surface area contributed by atoms with Crippen molar-refractivity contribution >= 4 is 68.4 Å². The van der Waals surface area contributed by atoms with Crippen LogP contribution < -0.4 is 14.7 Å². The molecular weight excluding hydrogens is 1260 g/mol. The summed E-state index contributed by atoms with van der Waals surface area (Å²) in [5.74, 6) is 0.715. The molecule has 0 atom stereocenters. The van der Waals surface area contributed by atoms with Gasteiger partial charge in [0.15, 0.2) is 0 Å². The van der Waals surface area contributed by atoms with E-state index in [1.54, 1.807) is 21.3 Å². The molecule has 95 heavy (non-hydrogen) atoms. The molecule has 0 radical (unpaired) electrons. The fraction of sp³-hybridized carbons (Fsp3) is 0.696. The van der Waals surface area contributed by atoms with Crippen molar-refractivity contribution in [3.63, 3.8) is 0 Å². The first-order valence-corrected chi connectivity index (χ1v) is 37.4. The van der Waals surface area contributed by atoms with Crippen LogP contribution in [0.2, 0.25) is 0 Å². The summed E-state index contributed by atoms with van der Waals surface area (Å²) in [6.45, 7) is 30.9. The third-order valence-electron chi connectivity index (χ3n) is 20.8. The Hall–Kier alpha value is -5.16. The quantitative estimate of drug-likeness (QED) is 0.0799. The molecule has 3 aliphatic carbocycles. The summed E-state index contributed by atoms with van der Waals surface area (Å²) in [4.78, 5) is 93.1. The second kappa shape index (κ2) is 35.1. The van der Waals surface area contributed by atoms with Crippen LogP contribution in [0.5, 0.6) is 0 Å². The Morgan fingerprint density at radius 3 is 1.15 bits per heavy atom. The van der Waals surface area contributed by atoms with E-state index in [-0.39, 0.29) is 53.6 Å². The lowest BCUT2D eigenvalue weighted by molar-refractivity contribution is -0.127. The summed E-state index contributed by atoms with van der Waals surface area (Å²) in [7, 11) is 5.11. The van der Waals surface area contributed by atoms with Gasteiger partial charge in [0.1, 0.15) is 0 Å². The number of ether oxygens (including phenoxy) is 3. The highest BCUT2D eigenvalue weighted by atomic mass is 79.9. The normalized spacial score (nSPS) is 18.8. The van der Waals surface area contributed by atoms with E-state index < -0.39 is 16.2 Å². The first-order chi connectivity index (χ1) is 45.1. The molecule has 16 heteroatoms. The van der Waals surface area contributed by atoms with Crippen LogP contribution in [0, 0.1) is 23.2 Å². The molecular formula is C79H121BrN6O9. The van der Waals surface area contributed by atoms with Crippen LogP contribution in [0.1, 0.15) is 271 Å². The number of amides is 6. The molecule has 3 aliphatic heterocycles. The van der Waals surface area contributed by atoms with E-state index in [4.69, 9.17) is 14.2 Å². The number of nitrogens with zero attached hydrogens (tertiary/aromatic N) is 6. The molecule has 0 unspecified atom stereocenters. The third-order valence-corrected chi connectivity index (χ3v) is 21.5. The van der Waals surface area contributed by atoms with Crippen LogP contribution in [-0.4, -0.2) is 147 Å². The van der Waals surface area contributed by atoms with E-state index in [2.05, 4.69) is 90.4 Å². The highest BCUT2D eigenvalue weighted by Gasteiger charge is 2.43. The fourth-order valence-corrected chi connectivity index (χ4v) is 16.5. The highest BCUT2D eigenvalue weighted by Crippen LogP contribution is 2.44. The molecule has 6 amide bonds. The second-order valence-electron chi connectivity index (χ2n) is 31.0. The second-order valence-corrected chi connectivity index (χ2v) is 31.9. The van der Waals surface area contributed by atoms with Crippen molar-refractivity contribution in [1.82, 2.24) is 14.7 Å². The van der Waals surface area contributed by atoms with Gasteiger partial charge in [0.2, 0.25) is 17.7 Å². The predicted molar refractivity (Wildman–Crippen MR) is 389 cm³/mol. The molecule has 0 bridgehead atoms. The molecule has 9 rings (SSSR count). The third kappa shape index (κ3) is 19.2. The van der Waals surface area contributed by atoms with E-state index in [1.165, 1.54) is 63.4 Å². The summed E-state index contributed by atoms with van der Waals surface area (Å²) in [6, 6.07) is 15.6. The van der Waals surface area contributed by atoms with Crippen LogP contribution in [-0.2, 0) is 47.9 Å². The topological polar surface area (TPSA) is 150 Å². The van der Waals surface area contributed by atoms with E-state index in [0.29, 0.717) is 88.0 Å². The zero-order valence-electron chi connectivity index (χ0n) is 61.5. The molecule has 15 nitrogen and oxygen atoms in total. The monoisotopic (exact) mass is 1380 g/mol. The summed E-state index contributed by atoms with van der Waals surface area (Å²) in [6.07, 6.45) is 24.9. The number of carbonyl (C=O) groups is 6. The van der Waals surface area contributed by atoms with Crippen LogP contribution in [0.3, 0.4) is 0 Å². The summed E-state index contributed by atoms with van der Waals surface area (Å²) >= 11 is 3.70. The predicted octanol–water partition coefficient (Wildman–Crippen LogP) is 16.7. The first kappa shape index (κ1) is 77.2. The van der Waals surface area contributed by atoms with Gasteiger partial charge in [0.25, 0.3) is 17.7 Å². The van der Waals surface area contributed by atoms with Gasteiger partial charge in [-0.25, -0.2) is 0 Å². The Balaban J connectivity index is 0.000000201. The molecule has 0 N–H and O–H groups in total. The van der Waals surface area contributed by atoms with Gasteiger partial charge in [-0.3, -0.25) is 28.8 Å². The first-order valence-electron chi connectivity index (χ1n) is 36.6. The largest absolute Gasteiger partial charge is 0.385 e. The molecule has 0 saturated heterocycles. The Morgan fingerprint density at radius 1 is 0.453 bits per heavy atom. The number of halogens is 1. The summed E-state index contributed by atoms with van der Waals surface area (Å²) < 4.78 is 16.4. The average Bonchev–Trinajstić information content (AvgIpc) is 0.770. The van der Waals surface area contributed by atoms with E-state index in [9.17, 15) is 28.8 Å². The Bertz CT molecular complexity index is 2940. The lowest BCUT2D eigenvalue weighted by atomic mass is 9.79. The van der Waals surface area contributed by atoms with Gasteiger partial charge < -0.3 is 43.6 Å². The zero-order valence-corrected chi connectivity index (χ0v) is 63.0. The molecule has 3 saturated carbocycles. The zero-order chi connectivity index (χ0) is 69.5. The lowest BCUT2D eigenvalue weighted by Gasteiger charge is -2.40. The Kier molecular flexibility index (Phi) is 28.5. The number of anilines is 3. The number of fused-ring (bicyclic) bond motifs is 3. The maximum absolute atomic E-state index is 13.8. The molecule has 3 heterocycles. The van der Waals surface area contributed by atoms with Gasteiger partial charge in [-0.2, -0.15) is 0 Å². The van der Waals surface area contributed by atoms with Crippen LogP contribution in [0.15, 0.2) is 46.9 Å². The van der Waals surface area contributed by atoms with Gasteiger partial charge >= 0.3 is 0 Å². The number of aryl methyl sites for hydroxylation is 1. The van der Waals surface area contributed by atoms with Crippen molar-refractivity contribution in [2.75, 3.05) is 75.5 Å². The van der Waals surface area contributed by atoms with E-state index in [1.807, 2.05) is 87.4 Å². The van der Waals surface area contributed by atoms with Crippen molar-refractivity contribution < 1.29 is 43.0 Å².